The van der Waals surface area contributed by atoms with Crippen LogP contribution in [-0.4, -0.2) is 24.5 Å². The van der Waals surface area contributed by atoms with Gasteiger partial charge in [0.2, 0.25) is 0 Å². The molecular weight excluding hydrogens is 354 g/mol. The number of hydrogen-bond donors (Lipinski definition) is 0. The van der Waals surface area contributed by atoms with Gasteiger partial charge in [0.05, 0.1) is 5.39 Å². The lowest BCUT2D eigenvalue weighted by molar-refractivity contribution is -0.286. The van der Waals surface area contributed by atoms with Crippen molar-refractivity contribution in [2.75, 3.05) is 18.0 Å². The summed E-state index contributed by atoms with van der Waals surface area (Å²) in [5.41, 5.74) is 1.78. The zero-order chi connectivity index (χ0) is 18.4. The summed E-state index contributed by atoms with van der Waals surface area (Å²) in [4.78, 5) is 2.25. The Bertz CT molecular complexity index is 980. The molecule has 0 aliphatic carbocycles. The van der Waals surface area contributed by atoms with Crippen molar-refractivity contribution in [1.82, 2.24) is 5.16 Å². The molecule has 0 amide bonds. The highest BCUT2D eigenvalue weighted by Gasteiger charge is 2.43. The second-order valence-electron chi connectivity index (χ2n) is 7.09. The Balaban J connectivity index is 1.24. The molecule has 1 aromatic heterocycles. The standard InChI is InChI=1S/C20H18F2N2O3/c21-20(22)25-17-6-5-14(12-18(17)26-20)11-13-7-9-24(10-8-13)19-15-3-1-2-4-16(15)27-23-19/h1-6,12-13H,7-11H2. The SMILES string of the molecule is FC1(F)Oc2ccc(CC3CCN(c4noc5ccccc45)CC3)cc2O1. The van der Waals surface area contributed by atoms with Gasteiger partial charge in [-0.2, -0.15) is 0 Å². The highest BCUT2D eigenvalue weighted by Crippen LogP contribution is 2.41. The maximum Gasteiger partial charge on any atom is 0.586 e. The van der Waals surface area contributed by atoms with Gasteiger partial charge in [-0.3, -0.25) is 0 Å². The first-order valence-electron chi connectivity index (χ1n) is 9.05. The van der Waals surface area contributed by atoms with E-state index >= 15 is 0 Å². The molecule has 0 radical (unpaired) electrons. The molecule has 27 heavy (non-hydrogen) atoms. The fourth-order valence-corrected chi connectivity index (χ4v) is 3.90. The first-order chi connectivity index (χ1) is 13.1. The molecule has 0 bridgehead atoms. The van der Waals surface area contributed by atoms with Crippen molar-refractivity contribution in [2.45, 2.75) is 25.6 Å². The summed E-state index contributed by atoms with van der Waals surface area (Å²) in [5.74, 6) is 1.59. The van der Waals surface area contributed by atoms with Gasteiger partial charge in [-0.05, 0) is 55.0 Å². The van der Waals surface area contributed by atoms with Crippen molar-refractivity contribution < 1.29 is 22.8 Å². The summed E-state index contributed by atoms with van der Waals surface area (Å²) in [6.45, 7) is 1.79. The minimum atomic E-state index is -3.56. The molecule has 1 saturated heterocycles. The van der Waals surface area contributed by atoms with E-state index < -0.39 is 6.29 Å². The van der Waals surface area contributed by atoms with Crippen molar-refractivity contribution in [3.8, 4) is 11.5 Å². The van der Waals surface area contributed by atoms with Crippen molar-refractivity contribution >= 4 is 16.8 Å². The van der Waals surface area contributed by atoms with E-state index in [4.69, 9.17) is 4.52 Å². The van der Waals surface area contributed by atoms with Gasteiger partial charge in [-0.15, -0.1) is 8.78 Å². The maximum absolute atomic E-state index is 13.2. The average molecular weight is 372 g/mol. The van der Waals surface area contributed by atoms with E-state index in [-0.39, 0.29) is 11.5 Å². The third-order valence-electron chi connectivity index (χ3n) is 5.26. The summed E-state index contributed by atoms with van der Waals surface area (Å²) in [7, 11) is 0. The highest BCUT2D eigenvalue weighted by molar-refractivity contribution is 5.88. The first-order valence-corrected chi connectivity index (χ1v) is 9.05. The molecule has 5 rings (SSSR count). The van der Waals surface area contributed by atoms with E-state index in [1.54, 1.807) is 12.1 Å². The molecule has 0 unspecified atom stereocenters. The fraction of sp³-hybridized carbons (Fsp3) is 0.350. The lowest BCUT2D eigenvalue weighted by Gasteiger charge is -2.32. The largest absolute Gasteiger partial charge is 0.586 e. The van der Waals surface area contributed by atoms with Crippen molar-refractivity contribution in [3.63, 3.8) is 0 Å². The number of anilines is 1. The van der Waals surface area contributed by atoms with Gasteiger partial charge in [0.15, 0.2) is 22.9 Å². The molecule has 1 fully saturated rings. The number of alkyl halides is 2. The van der Waals surface area contributed by atoms with E-state index in [1.807, 2.05) is 30.3 Å². The van der Waals surface area contributed by atoms with Crippen LogP contribution in [0.1, 0.15) is 18.4 Å². The Kier molecular flexibility index (Phi) is 3.70. The van der Waals surface area contributed by atoms with Gasteiger partial charge in [-0.25, -0.2) is 0 Å². The zero-order valence-electron chi connectivity index (χ0n) is 14.5. The number of ether oxygens (including phenoxy) is 2. The molecule has 0 atom stereocenters. The minimum Gasteiger partial charge on any atom is -0.395 e. The molecule has 3 aromatic rings. The summed E-state index contributed by atoms with van der Waals surface area (Å²) in [5, 5.41) is 5.27. The summed E-state index contributed by atoms with van der Waals surface area (Å²) < 4.78 is 40.7. The van der Waals surface area contributed by atoms with Crippen LogP contribution in [0, 0.1) is 5.92 Å². The van der Waals surface area contributed by atoms with Crippen molar-refractivity contribution in [3.05, 3.63) is 48.0 Å². The van der Waals surface area contributed by atoms with Crippen LogP contribution in [0.2, 0.25) is 0 Å². The molecule has 2 aromatic carbocycles. The molecule has 2 aliphatic heterocycles. The predicted octanol–water partition coefficient (Wildman–Crippen LogP) is 4.61. The van der Waals surface area contributed by atoms with Crippen LogP contribution in [0.25, 0.3) is 11.0 Å². The second-order valence-corrected chi connectivity index (χ2v) is 7.09. The molecule has 0 N–H and O–H groups in total. The number of aromatic nitrogens is 1. The van der Waals surface area contributed by atoms with Crippen LogP contribution in [0.3, 0.4) is 0 Å². The Morgan fingerprint density at radius 2 is 1.81 bits per heavy atom. The Morgan fingerprint density at radius 1 is 1.04 bits per heavy atom. The predicted molar refractivity (Wildman–Crippen MR) is 95.3 cm³/mol. The van der Waals surface area contributed by atoms with E-state index in [1.165, 1.54) is 0 Å². The first kappa shape index (κ1) is 16.4. The summed E-state index contributed by atoms with van der Waals surface area (Å²) in [6.07, 6.45) is -0.722. The minimum absolute atomic E-state index is 0.0940. The number of piperidine rings is 1. The third kappa shape index (κ3) is 3.07. The Labute approximate surface area is 154 Å². The lowest BCUT2D eigenvalue weighted by Crippen LogP contribution is -2.34. The van der Waals surface area contributed by atoms with Gasteiger partial charge in [0.25, 0.3) is 0 Å². The molecule has 140 valence electrons. The number of halogens is 2. The van der Waals surface area contributed by atoms with Crippen LogP contribution >= 0.6 is 0 Å². The van der Waals surface area contributed by atoms with Crippen LogP contribution in [-0.2, 0) is 6.42 Å². The molecule has 7 heteroatoms. The number of hydrogen-bond acceptors (Lipinski definition) is 5. The molecule has 0 spiro atoms. The van der Waals surface area contributed by atoms with Crippen molar-refractivity contribution in [1.29, 1.82) is 0 Å². The van der Waals surface area contributed by atoms with E-state index in [2.05, 4.69) is 19.5 Å². The van der Waals surface area contributed by atoms with Gasteiger partial charge in [0, 0.05) is 13.1 Å². The number of para-hydroxylation sites is 1. The van der Waals surface area contributed by atoms with Gasteiger partial charge < -0.3 is 18.9 Å². The average Bonchev–Trinajstić information content (AvgIpc) is 3.21. The smallest absolute Gasteiger partial charge is 0.395 e. The van der Waals surface area contributed by atoms with Crippen LogP contribution in [0.5, 0.6) is 11.5 Å². The zero-order valence-corrected chi connectivity index (χ0v) is 14.5. The summed E-state index contributed by atoms with van der Waals surface area (Å²) >= 11 is 0. The quantitative estimate of drug-likeness (QED) is 0.672. The number of nitrogens with zero attached hydrogens (tertiary/aromatic N) is 2. The second kappa shape index (κ2) is 6.11. The Morgan fingerprint density at radius 3 is 2.67 bits per heavy atom. The normalized spacial score (nSPS) is 19.0. The molecule has 3 heterocycles. The molecular formula is C20H18F2N2O3. The van der Waals surface area contributed by atoms with Gasteiger partial charge in [0.1, 0.15) is 0 Å². The summed E-state index contributed by atoms with van der Waals surface area (Å²) in [6, 6.07) is 12.9. The monoisotopic (exact) mass is 372 g/mol. The van der Waals surface area contributed by atoms with Crippen LogP contribution in [0.4, 0.5) is 14.6 Å². The highest BCUT2D eigenvalue weighted by atomic mass is 19.3. The molecule has 0 saturated carbocycles. The molecule has 2 aliphatic rings. The fourth-order valence-electron chi connectivity index (χ4n) is 3.90. The van der Waals surface area contributed by atoms with Crippen molar-refractivity contribution in [2.24, 2.45) is 5.92 Å². The van der Waals surface area contributed by atoms with E-state index in [0.717, 1.165) is 54.7 Å². The van der Waals surface area contributed by atoms with Gasteiger partial charge in [-0.1, -0.05) is 23.4 Å². The topological polar surface area (TPSA) is 47.7 Å². The Hall–Kier alpha value is -2.83. The lowest BCUT2D eigenvalue weighted by atomic mass is 9.90. The van der Waals surface area contributed by atoms with E-state index in [0.29, 0.717) is 5.92 Å². The maximum atomic E-state index is 13.2. The van der Waals surface area contributed by atoms with Gasteiger partial charge >= 0.3 is 6.29 Å². The van der Waals surface area contributed by atoms with E-state index in [9.17, 15) is 8.78 Å². The number of benzene rings is 2. The third-order valence-corrected chi connectivity index (χ3v) is 5.26. The number of rotatable bonds is 3. The van der Waals surface area contributed by atoms with Crippen LogP contribution in [0.15, 0.2) is 47.0 Å². The number of fused-ring (bicyclic) bond motifs is 2. The van der Waals surface area contributed by atoms with Crippen LogP contribution < -0.4 is 14.4 Å². The molecule has 5 nitrogen and oxygen atoms in total.